The van der Waals surface area contributed by atoms with Crippen LogP contribution in [0.15, 0.2) is 12.4 Å². The molecule has 2 unspecified atom stereocenters. The minimum Gasteiger partial charge on any atom is -0.479 e. The number of amides is 2. The summed E-state index contributed by atoms with van der Waals surface area (Å²) in [6.45, 7) is 5.81. The van der Waals surface area contributed by atoms with Crippen molar-refractivity contribution in [3.63, 3.8) is 0 Å². The summed E-state index contributed by atoms with van der Waals surface area (Å²) in [4.78, 5) is 22.9. The van der Waals surface area contributed by atoms with Gasteiger partial charge in [-0.25, -0.2) is 9.59 Å². The fraction of sp³-hybridized carbons (Fsp3) is 0.583. The zero-order valence-electron chi connectivity index (χ0n) is 11.5. The minimum absolute atomic E-state index is 0.0386. The second-order valence-electron chi connectivity index (χ2n) is 4.87. The molecular formula is C12H20N4O3. The summed E-state index contributed by atoms with van der Waals surface area (Å²) in [7, 11) is 1.68. The molecule has 2 amide bonds. The van der Waals surface area contributed by atoms with Crippen molar-refractivity contribution in [1.29, 1.82) is 0 Å². The van der Waals surface area contributed by atoms with E-state index in [2.05, 4.69) is 15.7 Å². The van der Waals surface area contributed by atoms with Crippen molar-refractivity contribution in [2.45, 2.75) is 32.9 Å². The van der Waals surface area contributed by atoms with Gasteiger partial charge >= 0.3 is 12.0 Å². The number of rotatable bonds is 5. The van der Waals surface area contributed by atoms with Gasteiger partial charge in [0.25, 0.3) is 0 Å². The highest BCUT2D eigenvalue weighted by molar-refractivity contribution is 5.83. The molecule has 2 atom stereocenters. The third-order valence-corrected chi connectivity index (χ3v) is 2.94. The zero-order valence-corrected chi connectivity index (χ0v) is 11.5. The van der Waals surface area contributed by atoms with Crippen molar-refractivity contribution in [2.24, 2.45) is 13.0 Å². The molecule has 0 saturated carbocycles. The lowest BCUT2D eigenvalue weighted by molar-refractivity contribution is -0.139. The second-order valence-corrected chi connectivity index (χ2v) is 4.87. The number of carbonyl (C=O) groups excluding carboxylic acids is 1. The molecular weight excluding hydrogens is 248 g/mol. The first-order valence-electron chi connectivity index (χ1n) is 6.09. The standard InChI is InChI=1S/C12H20N4O3/c1-7(2)8(3)14-12(19)15-10(11(17)18)9-5-13-16(4)6-9/h5-8,10H,1-4H3,(H,17,18)(H2,14,15,19). The molecule has 0 spiro atoms. The first-order valence-corrected chi connectivity index (χ1v) is 6.09. The molecule has 106 valence electrons. The summed E-state index contributed by atoms with van der Waals surface area (Å²) >= 11 is 0. The Balaban J connectivity index is 2.70. The predicted molar refractivity (Wildman–Crippen MR) is 69.6 cm³/mol. The zero-order chi connectivity index (χ0) is 14.6. The highest BCUT2D eigenvalue weighted by atomic mass is 16.4. The van der Waals surface area contributed by atoms with E-state index in [4.69, 9.17) is 5.11 Å². The minimum atomic E-state index is -1.12. The van der Waals surface area contributed by atoms with Crippen LogP contribution in [0.5, 0.6) is 0 Å². The predicted octanol–water partition coefficient (Wildman–Crippen LogP) is 0.889. The van der Waals surface area contributed by atoms with Gasteiger partial charge in [-0.15, -0.1) is 0 Å². The Morgan fingerprint density at radius 2 is 1.95 bits per heavy atom. The van der Waals surface area contributed by atoms with Crippen LogP contribution < -0.4 is 10.6 Å². The molecule has 0 aliphatic heterocycles. The molecule has 0 saturated heterocycles. The molecule has 0 aliphatic carbocycles. The van der Waals surface area contributed by atoms with Crippen LogP contribution in [0.3, 0.4) is 0 Å². The number of aliphatic carboxylic acids is 1. The van der Waals surface area contributed by atoms with Crippen molar-refractivity contribution < 1.29 is 14.7 Å². The van der Waals surface area contributed by atoms with E-state index in [0.29, 0.717) is 5.56 Å². The van der Waals surface area contributed by atoms with E-state index in [1.807, 2.05) is 20.8 Å². The summed E-state index contributed by atoms with van der Waals surface area (Å²) < 4.78 is 1.49. The Morgan fingerprint density at radius 1 is 1.32 bits per heavy atom. The summed E-state index contributed by atoms with van der Waals surface area (Å²) in [6.07, 6.45) is 2.98. The van der Waals surface area contributed by atoms with Crippen LogP contribution >= 0.6 is 0 Å². The van der Waals surface area contributed by atoms with E-state index in [9.17, 15) is 9.59 Å². The van der Waals surface area contributed by atoms with E-state index < -0.39 is 18.0 Å². The molecule has 0 radical (unpaired) electrons. The van der Waals surface area contributed by atoms with Gasteiger partial charge in [-0.05, 0) is 12.8 Å². The molecule has 1 rings (SSSR count). The summed E-state index contributed by atoms with van der Waals surface area (Å²) in [6, 6.07) is -1.64. The van der Waals surface area contributed by atoms with Gasteiger partial charge in [0.1, 0.15) is 0 Å². The molecule has 7 heteroatoms. The van der Waals surface area contributed by atoms with E-state index in [1.54, 1.807) is 13.2 Å². The largest absolute Gasteiger partial charge is 0.479 e. The van der Waals surface area contributed by atoms with E-state index in [1.165, 1.54) is 10.9 Å². The molecule has 0 fully saturated rings. The van der Waals surface area contributed by atoms with Gasteiger partial charge in [0.05, 0.1) is 6.20 Å². The van der Waals surface area contributed by atoms with E-state index >= 15 is 0 Å². The maximum atomic E-state index is 11.7. The van der Waals surface area contributed by atoms with E-state index in [-0.39, 0.29) is 12.0 Å². The molecule has 3 N–H and O–H groups in total. The van der Waals surface area contributed by atoms with Gasteiger partial charge in [-0.3, -0.25) is 4.68 Å². The monoisotopic (exact) mass is 268 g/mol. The number of aromatic nitrogens is 2. The lowest BCUT2D eigenvalue weighted by atomic mass is 10.1. The molecule has 0 aromatic carbocycles. The maximum absolute atomic E-state index is 11.7. The first-order chi connectivity index (χ1) is 8.81. The van der Waals surface area contributed by atoms with Crippen LogP contribution in [0.25, 0.3) is 0 Å². The second kappa shape index (κ2) is 6.21. The molecule has 1 heterocycles. The van der Waals surface area contributed by atoms with Crippen LogP contribution in [0, 0.1) is 5.92 Å². The Morgan fingerprint density at radius 3 is 2.37 bits per heavy atom. The normalized spacial score (nSPS) is 13.9. The Hall–Kier alpha value is -2.05. The highest BCUT2D eigenvalue weighted by Gasteiger charge is 2.24. The van der Waals surface area contributed by atoms with Gasteiger partial charge in [-0.1, -0.05) is 13.8 Å². The molecule has 1 aromatic rings. The third kappa shape index (κ3) is 4.27. The van der Waals surface area contributed by atoms with Crippen molar-refractivity contribution in [3.05, 3.63) is 18.0 Å². The fourth-order valence-corrected chi connectivity index (χ4v) is 1.42. The number of aryl methyl sites for hydroxylation is 1. The smallest absolute Gasteiger partial charge is 0.331 e. The topological polar surface area (TPSA) is 96.2 Å². The van der Waals surface area contributed by atoms with E-state index in [0.717, 1.165) is 0 Å². The quantitative estimate of drug-likeness (QED) is 0.739. The summed E-state index contributed by atoms with van der Waals surface area (Å²) in [5.41, 5.74) is 0.433. The number of hydrogen-bond donors (Lipinski definition) is 3. The maximum Gasteiger partial charge on any atom is 0.331 e. The summed E-state index contributed by atoms with van der Waals surface area (Å²) in [5.74, 6) is -0.854. The van der Waals surface area contributed by atoms with Crippen LogP contribution in [0.4, 0.5) is 4.79 Å². The van der Waals surface area contributed by atoms with Crippen molar-refractivity contribution in [1.82, 2.24) is 20.4 Å². The fourth-order valence-electron chi connectivity index (χ4n) is 1.42. The molecule has 19 heavy (non-hydrogen) atoms. The van der Waals surface area contributed by atoms with Crippen LogP contribution in [-0.4, -0.2) is 32.9 Å². The van der Waals surface area contributed by atoms with Gasteiger partial charge in [0, 0.05) is 24.8 Å². The first kappa shape index (κ1) is 15.0. The Labute approximate surface area is 112 Å². The third-order valence-electron chi connectivity index (χ3n) is 2.94. The lowest BCUT2D eigenvalue weighted by Gasteiger charge is -2.20. The summed E-state index contributed by atoms with van der Waals surface area (Å²) in [5, 5.41) is 18.2. The Kier molecular flexibility index (Phi) is 4.91. The average molecular weight is 268 g/mol. The van der Waals surface area contributed by atoms with Gasteiger partial charge in [-0.2, -0.15) is 5.10 Å². The number of nitrogens with zero attached hydrogens (tertiary/aromatic N) is 2. The number of carboxylic acid groups (broad SMARTS) is 1. The highest BCUT2D eigenvalue weighted by Crippen LogP contribution is 2.11. The van der Waals surface area contributed by atoms with Crippen molar-refractivity contribution >= 4 is 12.0 Å². The lowest BCUT2D eigenvalue weighted by Crippen LogP contribution is -2.45. The van der Waals surface area contributed by atoms with Gasteiger partial charge < -0.3 is 15.7 Å². The Bertz CT molecular complexity index is 456. The van der Waals surface area contributed by atoms with Gasteiger partial charge in [0.2, 0.25) is 0 Å². The molecule has 0 bridgehead atoms. The van der Waals surface area contributed by atoms with Gasteiger partial charge in [0.15, 0.2) is 6.04 Å². The van der Waals surface area contributed by atoms with Crippen LogP contribution in [-0.2, 0) is 11.8 Å². The number of nitrogens with one attached hydrogen (secondary N) is 2. The van der Waals surface area contributed by atoms with Crippen molar-refractivity contribution in [3.8, 4) is 0 Å². The SMILES string of the molecule is CC(C)C(C)NC(=O)NC(C(=O)O)c1cnn(C)c1. The molecule has 0 aliphatic rings. The number of hydrogen-bond acceptors (Lipinski definition) is 3. The van der Waals surface area contributed by atoms with Crippen LogP contribution in [0.1, 0.15) is 32.4 Å². The van der Waals surface area contributed by atoms with Crippen LogP contribution in [0.2, 0.25) is 0 Å². The molecule has 1 aromatic heterocycles. The number of carbonyl (C=O) groups is 2. The number of carboxylic acids is 1. The molecule has 7 nitrogen and oxygen atoms in total. The average Bonchev–Trinajstić information content (AvgIpc) is 2.71. The van der Waals surface area contributed by atoms with Crippen molar-refractivity contribution in [2.75, 3.05) is 0 Å². The number of urea groups is 1.